The van der Waals surface area contributed by atoms with E-state index >= 15 is 0 Å². The lowest BCUT2D eigenvalue weighted by Gasteiger charge is -2.07. The summed E-state index contributed by atoms with van der Waals surface area (Å²) in [4.78, 5) is 16.3. The van der Waals surface area contributed by atoms with E-state index in [9.17, 15) is 13.6 Å². The third-order valence-electron chi connectivity index (χ3n) is 3.56. The fraction of sp³-hybridized carbons (Fsp3) is 0.105. The number of rotatable bonds is 6. The largest absolute Gasteiger partial charge is 0.434 e. The molecule has 27 heavy (non-hydrogen) atoms. The quantitative estimate of drug-likeness (QED) is 0.642. The average molecular weight is 370 g/mol. The molecule has 2 N–H and O–H groups in total. The molecule has 1 amide bonds. The molecule has 8 heteroatoms. The summed E-state index contributed by atoms with van der Waals surface area (Å²) in [5, 5.41) is 9.53. The van der Waals surface area contributed by atoms with Crippen LogP contribution < -0.4 is 10.1 Å². The van der Waals surface area contributed by atoms with E-state index in [0.29, 0.717) is 22.9 Å². The smallest absolute Gasteiger partial charge is 0.387 e. The zero-order valence-electron chi connectivity index (χ0n) is 14.3. The zero-order valence-corrected chi connectivity index (χ0v) is 14.3. The fourth-order valence-corrected chi connectivity index (χ4v) is 2.35. The highest BCUT2D eigenvalue weighted by Crippen LogP contribution is 2.22. The topological polar surface area (TPSA) is 79.9 Å². The summed E-state index contributed by atoms with van der Waals surface area (Å²) < 4.78 is 29.2. The number of hydrogen-bond donors (Lipinski definition) is 2. The van der Waals surface area contributed by atoms with Crippen LogP contribution in [0.2, 0.25) is 0 Å². The van der Waals surface area contributed by atoms with Crippen LogP contribution in [0.3, 0.4) is 0 Å². The molecule has 3 rings (SSSR count). The number of ether oxygens (including phenoxy) is 1. The van der Waals surface area contributed by atoms with Crippen molar-refractivity contribution in [3.8, 4) is 17.1 Å². The second kappa shape index (κ2) is 8.22. The van der Waals surface area contributed by atoms with Gasteiger partial charge in [-0.25, -0.2) is 4.98 Å². The number of anilines is 1. The summed E-state index contributed by atoms with van der Waals surface area (Å²) in [5.74, 6) is 0.885. The Labute approximate surface area is 153 Å². The average Bonchev–Trinajstić information content (AvgIpc) is 3.07. The van der Waals surface area contributed by atoms with Gasteiger partial charge in [0.15, 0.2) is 5.82 Å². The first-order chi connectivity index (χ1) is 13.0. The second-order valence-corrected chi connectivity index (χ2v) is 5.56. The number of aromatic amines is 1. The van der Waals surface area contributed by atoms with E-state index in [0.717, 1.165) is 5.56 Å². The van der Waals surface area contributed by atoms with E-state index < -0.39 is 12.5 Å². The molecule has 0 spiro atoms. The summed E-state index contributed by atoms with van der Waals surface area (Å²) in [6, 6.07) is 13.2. The number of para-hydroxylation sites is 1. The van der Waals surface area contributed by atoms with Crippen LogP contribution in [0.4, 0.5) is 14.5 Å². The molecule has 3 aromatic rings. The molecule has 0 saturated heterocycles. The summed E-state index contributed by atoms with van der Waals surface area (Å²) in [5.41, 5.74) is 1.77. The summed E-state index contributed by atoms with van der Waals surface area (Å²) in [6.45, 7) is -1.12. The van der Waals surface area contributed by atoms with Gasteiger partial charge in [-0.2, -0.15) is 13.9 Å². The molecule has 0 aliphatic heterocycles. The second-order valence-electron chi connectivity index (χ2n) is 5.56. The standard InChI is InChI=1S/C19H16F2N4O2/c1-12-22-18(25-24-12)14-6-9-15(10-7-14)23-17(26)11-8-13-4-2-3-5-16(13)27-19(20)21/h2-11,19H,1H3,(H,23,26)(H,22,24,25)/b11-8+. The Morgan fingerprint density at radius 1 is 1.19 bits per heavy atom. The highest BCUT2D eigenvalue weighted by molar-refractivity contribution is 6.02. The number of carbonyl (C=O) groups is 1. The van der Waals surface area contributed by atoms with Gasteiger partial charge in [0, 0.05) is 22.9 Å². The number of hydrogen-bond acceptors (Lipinski definition) is 4. The molecule has 1 heterocycles. The van der Waals surface area contributed by atoms with Crippen molar-refractivity contribution >= 4 is 17.7 Å². The maximum absolute atomic E-state index is 12.4. The van der Waals surface area contributed by atoms with Crippen LogP contribution in [0.1, 0.15) is 11.4 Å². The molecular formula is C19H16F2N4O2. The molecule has 0 fully saturated rings. The van der Waals surface area contributed by atoms with Gasteiger partial charge in [-0.05, 0) is 43.3 Å². The van der Waals surface area contributed by atoms with Crippen molar-refractivity contribution in [1.29, 1.82) is 0 Å². The number of nitrogens with zero attached hydrogens (tertiary/aromatic N) is 2. The van der Waals surface area contributed by atoms with Crippen molar-refractivity contribution in [1.82, 2.24) is 15.2 Å². The Bertz CT molecular complexity index is 952. The molecule has 0 bridgehead atoms. The number of amides is 1. The minimum absolute atomic E-state index is 0.00250. The number of aromatic nitrogens is 3. The predicted molar refractivity (Wildman–Crippen MR) is 97.3 cm³/mol. The van der Waals surface area contributed by atoms with Gasteiger partial charge in [0.05, 0.1) is 0 Å². The molecule has 0 atom stereocenters. The fourth-order valence-electron chi connectivity index (χ4n) is 2.35. The number of nitrogens with one attached hydrogen (secondary N) is 2. The Morgan fingerprint density at radius 3 is 2.59 bits per heavy atom. The van der Waals surface area contributed by atoms with E-state index in [4.69, 9.17) is 0 Å². The first-order valence-corrected chi connectivity index (χ1v) is 8.03. The van der Waals surface area contributed by atoms with E-state index in [1.165, 1.54) is 18.2 Å². The van der Waals surface area contributed by atoms with Crippen LogP contribution in [0, 0.1) is 6.92 Å². The highest BCUT2D eigenvalue weighted by atomic mass is 19.3. The summed E-state index contributed by atoms with van der Waals surface area (Å²) >= 11 is 0. The molecule has 1 aromatic heterocycles. The van der Waals surface area contributed by atoms with Gasteiger partial charge < -0.3 is 10.1 Å². The zero-order chi connectivity index (χ0) is 19.2. The van der Waals surface area contributed by atoms with Gasteiger partial charge in [-0.3, -0.25) is 9.89 Å². The molecule has 0 saturated carbocycles. The van der Waals surface area contributed by atoms with E-state index in [1.54, 1.807) is 42.5 Å². The monoisotopic (exact) mass is 370 g/mol. The summed E-state index contributed by atoms with van der Waals surface area (Å²) in [6.07, 6.45) is 2.66. The van der Waals surface area contributed by atoms with Crippen LogP contribution >= 0.6 is 0 Å². The van der Waals surface area contributed by atoms with Gasteiger partial charge >= 0.3 is 6.61 Å². The van der Waals surface area contributed by atoms with Gasteiger partial charge in [-0.15, -0.1) is 0 Å². The maximum atomic E-state index is 12.4. The molecule has 6 nitrogen and oxygen atoms in total. The van der Waals surface area contributed by atoms with E-state index in [2.05, 4.69) is 25.2 Å². The van der Waals surface area contributed by atoms with Crippen molar-refractivity contribution in [2.75, 3.05) is 5.32 Å². The van der Waals surface area contributed by atoms with Crippen LogP contribution in [-0.4, -0.2) is 27.7 Å². The minimum atomic E-state index is -2.93. The van der Waals surface area contributed by atoms with Crippen molar-refractivity contribution < 1.29 is 18.3 Å². The molecule has 0 unspecified atom stereocenters. The number of carbonyl (C=O) groups excluding carboxylic acids is 1. The number of benzene rings is 2. The van der Waals surface area contributed by atoms with E-state index in [1.807, 2.05) is 6.92 Å². The van der Waals surface area contributed by atoms with E-state index in [-0.39, 0.29) is 5.75 Å². The van der Waals surface area contributed by atoms with Crippen LogP contribution in [0.5, 0.6) is 5.75 Å². The molecule has 0 aliphatic rings. The molecular weight excluding hydrogens is 354 g/mol. The Hall–Kier alpha value is -3.55. The van der Waals surface area contributed by atoms with Crippen molar-refractivity contribution in [2.24, 2.45) is 0 Å². The maximum Gasteiger partial charge on any atom is 0.387 e. The first kappa shape index (κ1) is 18.2. The van der Waals surface area contributed by atoms with Gasteiger partial charge in [0.25, 0.3) is 0 Å². The minimum Gasteiger partial charge on any atom is -0.434 e. The van der Waals surface area contributed by atoms with Crippen LogP contribution in [-0.2, 0) is 4.79 Å². The van der Waals surface area contributed by atoms with Crippen LogP contribution in [0.25, 0.3) is 17.5 Å². The number of aryl methyl sites for hydroxylation is 1. The van der Waals surface area contributed by atoms with Gasteiger partial charge in [0.1, 0.15) is 11.6 Å². The SMILES string of the molecule is Cc1nc(-c2ccc(NC(=O)/C=C/c3ccccc3OC(F)F)cc2)n[nH]1. The lowest BCUT2D eigenvalue weighted by atomic mass is 10.2. The lowest BCUT2D eigenvalue weighted by molar-refractivity contribution is -0.111. The predicted octanol–water partition coefficient (Wildman–Crippen LogP) is 4.03. The Morgan fingerprint density at radius 2 is 1.93 bits per heavy atom. The third kappa shape index (κ3) is 4.97. The highest BCUT2D eigenvalue weighted by Gasteiger charge is 2.08. The van der Waals surface area contributed by atoms with Crippen molar-refractivity contribution in [3.05, 3.63) is 66.0 Å². The van der Waals surface area contributed by atoms with Crippen molar-refractivity contribution in [3.63, 3.8) is 0 Å². The van der Waals surface area contributed by atoms with Crippen LogP contribution in [0.15, 0.2) is 54.6 Å². The van der Waals surface area contributed by atoms with Crippen molar-refractivity contribution in [2.45, 2.75) is 13.5 Å². The molecule has 138 valence electrons. The normalized spacial score (nSPS) is 11.1. The Balaban J connectivity index is 1.65. The summed E-state index contributed by atoms with van der Waals surface area (Å²) in [7, 11) is 0. The lowest BCUT2D eigenvalue weighted by Crippen LogP contribution is -2.07. The number of halogens is 2. The third-order valence-corrected chi connectivity index (χ3v) is 3.56. The number of H-pyrrole nitrogens is 1. The molecule has 2 aromatic carbocycles. The molecule has 0 aliphatic carbocycles. The Kier molecular flexibility index (Phi) is 5.55. The van der Waals surface area contributed by atoms with Gasteiger partial charge in [-0.1, -0.05) is 18.2 Å². The first-order valence-electron chi connectivity index (χ1n) is 8.03. The van der Waals surface area contributed by atoms with Gasteiger partial charge in [0.2, 0.25) is 5.91 Å². The molecule has 0 radical (unpaired) electrons. The number of alkyl halides is 2.